The molecule has 1 aromatic rings. The Labute approximate surface area is 95.9 Å². The van der Waals surface area contributed by atoms with Crippen LogP contribution in [0.1, 0.15) is 26.3 Å². The van der Waals surface area contributed by atoms with Crippen molar-refractivity contribution in [2.75, 3.05) is 6.54 Å². The van der Waals surface area contributed by atoms with Crippen LogP contribution in [-0.4, -0.2) is 12.5 Å². The minimum Gasteiger partial charge on any atom is -0.355 e. The number of hydrogen-bond acceptors (Lipinski definition) is 1. The molecule has 1 amide bonds. The second kappa shape index (κ2) is 5.10. The van der Waals surface area contributed by atoms with Crippen molar-refractivity contribution in [3.05, 3.63) is 35.6 Å². The van der Waals surface area contributed by atoms with Gasteiger partial charge in [0, 0.05) is 6.54 Å². The van der Waals surface area contributed by atoms with Crippen LogP contribution in [0.15, 0.2) is 24.3 Å². The third kappa shape index (κ3) is 4.43. The highest BCUT2D eigenvalue weighted by Crippen LogP contribution is 2.11. The zero-order chi connectivity index (χ0) is 12.2. The van der Waals surface area contributed by atoms with Crippen LogP contribution in [0, 0.1) is 11.2 Å². The number of nitrogens with one attached hydrogen (secondary N) is 1. The van der Waals surface area contributed by atoms with Crippen molar-refractivity contribution in [1.82, 2.24) is 5.32 Å². The van der Waals surface area contributed by atoms with Gasteiger partial charge in [-0.3, -0.25) is 4.79 Å². The van der Waals surface area contributed by atoms with Gasteiger partial charge >= 0.3 is 0 Å². The average Bonchev–Trinajstić information content (AvgIpc) is 2.18. The van der Waals surface area contributed by atoms with Crippen LogP contribution >= 0.6 is 0 Å². The highest BCUT2D eigenvalue weighted by Gasteiger charge is 2.13. The third-order valence-electron chi connectivity index (χ3n) is 2.12. The number of hydrogen-bond donors (Lipinski definition) is 1. The zero-order valence-electron chi connectivity index (χ0n) is 10.0. The molecule has 0 bridgehead atoms. The van der Waals surface area contributed by atoms with E-state index in [1.54, 1.807) is 18.2 Å². The zero-order valence-corrected chi connectivity index (χ0v) is 10.0. The molecule has 0 aliphatic carbocycles. The molecule has 88 valence electrons. The number of carbonyl (C=O) groups excluding carboxylic acids is 1. The minimum absolute atomic E-state index is 0.0465. The first kappa shape index (κ1) is 12.7. The molecule has 0 spiro atoms. The van der Waals surface area contributed by atoms with Crippen LogP contribution in [0.2, 0.25) is 0 Å². The molecule has 0 radical (unpaired) electrons. The maximum absolute atomic E-state index is 13.2. The Morgan fingerprint density at radius 3 is 2.50 bits per heavy atom. The third-order valence-corrected chi connectivity index (χ3v) is 2.12. The summed E-state index contributed by atoms with van der Waals surface area (Å²) in [5.41, 5.74) is 0.485. The predicted octanol–water partition coefficient (Wildman–Crippen LogP) is 2.53. The summed E-state index contributed by atoms with van der Waals surface area (Å²) in [7, 11) is 0. The molecule has 0 saturated heterocycles. The van der Waals surface area contributed by atoms with Crippen molar-refractivity contribution >= 4 is 5.91 Å². The highest BCUT2D eigenvalue weighted by molar-refractivity contribution is 5.78. The van der Waals surface area contributed by atoms with E-state index in [4.69, 9.17) is 0 Å². The lowest BCUT2D eigenvalue weighted by Gasteiger charge is -2.18. The van der Waals surface area contributed by atoms with E-state index in [2.05, 4.69) is 5.32 Å². The second-order valence-corrected chi connectivity index (χ2v) is 5.11. The predicted molar refractivity (Wildman–Crippen MR) is 62.6 cm³/mol. The Balaban J connectivity index is 2.50. The van der Waals surface area contributed by atoms with E-state index in [0.29, 0.717) is 12.1 Å². The van der Waals surface area contributed by atoms with Gasteiger partial charge in [0.2, 0.25) is 5.91 Å². The van der Waals surface area contributed by atoms with Crippen molar-refractivity contribution in [3.8, 4) is 0 Å². The van der Waals surface area contributed by atoms with Gasteiger partial charge in [-0.05, 0) is 17.0 Å². The van der Waals surface area contributed by atoms with Gasteiger partial charge in [0.05, 0.1) is 6.42 Å². The summed E-state index contributed by atoms with van der Waals surface area (Å²) in [6, 6.07) is 6.35. The molecule has 2 nitrogen and oxygen atoms in total. The Kier molecular flexibility index (Phi) is 4.05. The van der Waals surface area contributed by atoms with Crippen molar-refractivity contribution in [2.45, 2.75) is 27.2 Å². The molecule has 0 heterocycles. The molecule has 1 N–H and O–H groups in total. The van der Waals surface area contributed by atoms with E-state index in [9.17, 15) is 9.18 Å². The summed E-state index contributed by atoms with van der Waals surface area (Å²) < 4.78 is 13.2. The van der Waals surface area contributed by atoms with E-state index in [0.717, 1.165) is 0 Å². The van der Waals surface area contributed by atoms with Gasteiger partial charge in [0.25, 0.3) is 0 Å². The first-order valence-electron chi connectivity index (χ1n) is 5.38. The molecule has 0 fully saturated rings. The Morgan fingerprint density at radius 2 is 1.94 bits per heavy atom. The van der Waals surface area contributed by atoms with E-state index in [1.165, 1.54) is 6.07 Å². The molecule has 0 unspecified atom stereocenters. The Morgan fingerprint density at radius 1 is 1.31 bits per heavy atom. The summed E-state index contributed by atoms with van der Waals surface area (Å²) in [6.07, 6.45) is 0.1000. The first-order chi connectivity index (χ1) is 7.38. The van der Waals surface area contributed by atoms with Crippen LogP contribution < -0.4 is 5.32 Å². The molecule has 3 heteroatoms. The molecule has 0 atom stereocenters. The molecule has 0 aromatic heterocycles. The number of rotatable bonds is 3. The molecule has 0 saturated carbocycles. The maximum Gasteiger partial charge on any atom is 0.224 e. The fourth-order valence-electron chi connectivity index (χ4n) is 1.24. The molecule has 1 aromatic carbocycles. The average molecular weight is 223 g/mol. The summed E-state index contributed by atoms with van der Waals surface area (Å²) in [4.78, 5) is 11.5. The van der Waals surface area contributed by atoms with Crippen LogP contribution in [0.3, 0.4) is 0 Å². The van der Waals surface area contributed by atoms with E-state index in [-0.39, 0.29) is 23.6 Å². The van der Waals surface area contributed by atoms with Gasteiger partial charge < -0.3 is 5.32 Å². The van der Waals surface area contributed by atoms with Gasteiger partial charge in [-0.2, -0.15) is 0 Å². The quantitative estimate of drug-likeness (QED) is 0.838. The number of amides is 1. The summed E-state index contributed by atoms with van der Waals surface area (Å²) in [5.74, 6) is -0.464. The first-order valence-corrected chi connectivity index (χ1v) is 5.38. The number of carbonyl (C=O) groups is 1. The second-order valence-electron chi connectivity index (χ2n) is 5.11. The monoisotopic (exact) mass is 223 g/mol. The van der Waals surface area contributed by atoms with Crippen LogP contribution in [0.5, 0.6) is 0 Å². The van der Waals surface area contributed by atoms with Gasteiger partial charge in [-0.15, -0.1) is 0 Å². The number of benzene rings is 1. The normalized spacial score (nSPS) is 11.2. The molecular weight excluding hydrogens is 205 g/mol. The van der Waals surface area contributed by atoms with Crippen LogP contribution in [0.4, 0.5) is 4.39 Å². The molecule has 16 heavy (non-hydrogen) atoms. The maximum atomic E-state index is 13.2. The number of halogens is 1. The van der Waals surface area contributed by atoms with Gasteiger partial charge in [0.1, 0.15) is 5.82 Å². The Bertz CT molecular complexity index is 368. The van der Waals surface area contributed by atoms with Crippen LogP contribution in [0.25, 0.3) is 0 Å². The Hall–Kier alpha value is -1.38. The molecular formula is C13H18FNO. The minimum atomic E-state index is -0.326. The van der Waals surface area contributed by atoms with Gasteiger partial charge in [-0.25, -0.2) is 4.39 Å². The summed E-state index contributed by atoms with van der Waals surface area (Å²) >= 11 is 0. The SMILES string of the molecule is CC(C)(C)CNC(=O)Cc1ccccc1F. The lowest BCUT2D eigenvalue weighted by atomic mass is 9.97. The van der Waals surface area contributed by atoms with E-state index < -0.39 is 0 Å². The van der Waals surface area contributed by atoms with Crippen molar-refractivity contribution < 1.29 is 9.18 Å². The summed E-state index contributed by atoms with van der Waals surface area (Å²) in [5, 5.41) is 2.79. The molecule has 0 aliphatic heterocycles. The lowest BCUT2D eigenvalue weighted by Crippen LogP contribution is -2.33. The van der Waals surface area contributed by atoms with Gasteiger partial charge in [-0.1, -0.05) is 39.0 Å². The largest absolute Gasteiger partial charge is 0.355 e. The highest BCUT2D eigenvalue weighted by atomic mass is 19.1. The van der Waals surface area contributed by atoms with E-state index >= 15 is 0 Å². The van der Waals surface area contributed by atoms with Crippen LogP contribution in [-0.2, 0) is 11.2 Å². The standard InChI is InChI=1S/C13H18FNO/c1-13(2,3)9-15-12(16)8-10-6-4-5-7-11(10)14/h4-7H,8-9H2,1-3H3,(H,15,16). The van der Waals surface area contributed by atoms with Crippen molar-refractivity contribution in [3.63, 3.8) is 0 Å². The topological polar surface area (TPSA) is 29.1 Å². The van der Waals surface area contributed by atoms with E-state index in [1.807, 2.05) is 20.8 Å². The van der Waals surface area contributed by atoms with Crippen molar-refractivity contribution in [1.29, 1.82) is 0 Å². The van der Waals surface area contributed by atoms with Crippen molar-refractivity contribution in [2.24, 2.45) is 5.41 Å². The van der Waals surface area contributed by atoms with Gasteiger partial charge in [0.15, 0.2) is 0 Å². The fraction of sp³-hybridized carbons (Fsp3) is 0.462. The smallest absolute Gasteiger partial charge is 0.224 e. The molecule has 1 rings (SSSR count). The lowest BCUT2D eigenvalue weighted by molar-refractivity contribution is -0.120. The molecule has 0 aliphatic rings. The summed E-state index contributed by atoms with van der Waals surface area (Å²) in [6.45, 7) is 6.71. The fourth-order valence-corrected chi connectivity index (χ4v) is 1.24.